The van der Waals surface area contributed by atoms with Gasteiger partial charge in [0.25, 0.3) is 0 Å². The van der Waals surface area contributed by atoms with E-state index in [-0.39, 0.29) is 11.3 Å². The second-order valence-corrected chi connectivity index (χ2v) is 2.76. The molecule has 0 spiro atoms. The van der Waals surface area contributed by atoms with E-state index in [0.29, 0.717) is 0 Å². The maximum atomic E-state index is 11.2. The van der Waals surface area contributed by atoms with Gasteiger partial charge in [-0.05, 0) is 6.07 Å². The molecular formula is C9H9NO6. The fourth-order valence-electron chi connectivity index (χ4n) is 1.18. The Labute approximate surface area is 90.4 Å². The van der Waals surface area contributed by atoms with Crippen LogP contribution >= 0.6 is 0 Å². The molecule has 0 radical (unpaired) electrons. The number of phenols is 1. The Balaban J connectivity index is 3.40. The van der Waals surface area contributed by atoms with Gasteiger partial charge in [-0.1, -0.05) is 0 Å². The van der Waals surface area contributed by atoms with Crippen molar-refractivity contribution in [3.8, 4) is 11.5 Å². The first-order chi connectivity index (χ1) is 7.52. The zero-order chi connectivity index (χ0) is 12.3. The van der Waals surface area contributed by atoms with E-state index in [0.717, 1.165) is 26.4 Å². The predicted octanol–water partition coefficient (Wildman–Crippen LogP) is 1.10. The number of nitro benzene ring substituents is 1. The first-order valence-corrected chi connectivity index (χ1v) is 4.15. The summed E-state index contributed by atoms with van der Waals surface area (Å²) in [7, 11) is 2.29. The van der Waals surface area contributed by atoms with E-state index in [2.05, 4.69) is 9.47 Å². The number of esters is 1. The van der Waals surface area contributed by atoms with E-state index in [1.807, 2.05) is 0 Å². The highest BCUT2D eigenvalue weighted by Gasteiger charge is 2.24. The number of carbonyl (C=O) groups is 1. The quantitative estimate of drug-likeness (QED) is 0.471. The SMILES string of the molecule is COC(=O)c1ccc([N+](=O)[O-])c(OC)c1O. The monoisotopic (exact) mass is 227 g/mol. The van der Waals surface area contributed by atoms with Gasteiger partial charge in [0.05, 0.1) is 19.1 Å². The Morgan fingerprint density at radius 1 is 1.44 bits per heavy atom. The van der Waals surface area contributed by atoms with Gasteiger partial charge in [0.2, 0.25) is 5.75 Å². The number of rotatable bonds is 3. The van der Waals surface area contributed by atoms with Gasteiger partial charge in [0.1, 0.15) is 5.56 Å². The third-order valence-corrected chi connectivity index (χ3v) is 1.92. The van der Waals surface area contributed by atoms with Crippen LogP contribution in [0.5, 0.6) is 11.5 Å². The van der Waals surface area contributed by atoms with Crippen LogP contribution in [0, 0.1) is 10.1 Å². The molecule has 0 saturated heterocycles. The summed E-state index contributed by atoms with van der Waals surface area (Å²) < 4.78 is 9.07. The molecule has 0 atom stereocenters. The molecule has 0 bridgehead atoms. The van der Waals surface area contributed by atoms with E-state index in [9.17, 15) is 20.0 Å². The minimum absolute atomic E-state index is 0.190. The number of carbonyl (C=O) groups excluding carboxylic acids is 1. The van der Waals surface area contributed by atoms with Gasteiger partial charge in [-0.15, -0.1) is 0 Å². The molecule has 7 heteroatoms. The highest BCUT2D eigenvalue weighted by Crippen LogP contribution is 2.38. The number of aromatic hydroxyl groups is 1. The summed E-state index contributed by atoms with van der Waals surface area (Å²) in [4.78, 5) is 21.0. The van der Waals surface area contributed by atoms with Gasteiger partial charge in [-0.2, -0.15) is 0 Å². The normalized spacial score (nSPS) is 9.62. The van der Waals surface area contributed by atoms with Crippen molar-refractivity contribution in [2.24, 2.45) is 0 Å². The number of nitrogens with zero attached hydrogens (tertiary/aromatic N) is 1. The van der Waals surface area contributed by atoms with E-state index >= 15 is 0 Å². The Bertz CT molecular complexity index is 442. The van der Waals surface area contributed by atoms with Crippen molar-refractivity contribution in [1.82, 2.24) is 0 Å². The van der Waals surface area contributed by atoms with Crippen molar-refractivity contribution >= 4 is 11.7 Å². The highest BCUT2D eigenvalue weighted by atomic mass is 16.6. The van der Waals surface area contributed by atoms with Crippen molar-refractivity contribution in [1.29, 1.82) is 0 Å². The average Bonchev–Trinajstić information content (AvgIpc) is 2.27. The van der Waals surface area contributed by atoms with E-state index in [1.165, 1.54) is 0 Å². The fraction of sp³-hybridized carbons (Fsp3) is 0.222. The molecule has 0 aromatic heterocycles. The van der Waals surface area contributed by atoms with Gasteiger partial charge >= 0.3 is 11.7 Å². The predicted molar refractivity (Wildman–Crippen MR) is 52.7 cm³/mol. The Morgan fingerprint density at radius 2 is 2.06 bits per heavy atom. The third-order valence-electron chi connectivity index (χ3n) is 1.92. The highest BCUT2D eigenvalue weighted by molar-refractivity contribution is 5.94. The first-order valence-electron chi connectivity index (χ1n) is 4.15. The lowest BCUT2D eigenvalue weighted by Gasteiger charge is -2.07. The van der Waals surface area contributed by atoms with Crippen LogP contribution in [0.4, 0.5) is 5.69 Å². The van der Waals surface area contributed by atoms with Crippen LogP contribution in [0.2, 0.25) is 0 Å². The molecule has 1 rings (SSSR count). The molecule has 0 aliphatic rings. The maximum absolute atomic E-state index is 11.2. The molecule has 0 amide bonds. The smallest absolute Gasteiger partial charge is 0.341 e. The van der Waals surface area contributed by atoms with Gasteiger partial charge in [0.15, 0.2) is 5.75 Å². The molecule has 0 aliphatic heterocycles. The molecule has 16 heavy (non-hydrogen) atoms. The standard InChI is InChI=1S/C9H9NO6/c1-15-8-6(10(13)14)4-3-5(7(8)11)9(12)16-2/h3-4,11H,1-2H3. The van der Waals surface area contributed by atoms with Gasteiger partial charge in [-0.25, -0.2) is 4.79 Å². The molecular weight excluding hydrogens is 218 g/mol. The van der Waals surface area contributed by atoms with Gasteiger partial charge < -0.3 is 14.6 Å². The number of hydrogen-bond donors (Lipinski definition) is 1. The molecule has 0 heterocycles. The van der Waals surface area contributed by atoms with Crippen LogP contribution < -0.4 is 4.74 Å². The lowest BCUT2D eigenvalue weighted by Crippen LogP contribution is -2.03. The summed E-state index contributed by atoms with van der Waals surface area (Å²) in [5.74, 6) is -1.78. The second kappa shape index (κ2) is 4.47. The number of phenolic OH excluding ortho intramolecular Hbond substituents is 1. The Hall–Kier alpha value is -2.31. The molecule has 7 nitrogen and oxygen atoms in total. The lowest BCUT2D eigenvalue weighted by molar-refractivity contribution is -0.385. The number of ether oxygens (including phenoxy) is 2. The molecule has 0 aliphatic carbocycles. The summed E-state index contributed by atoms with van der Waals surface area (Å²) in [6.07, 6.45) is 0. The molecule has 1 aromatic rings. The molecule has 0 fully saturated rings. The average molecular weight is 227 g/mol. The summed E-state index contributed by atoms with van der Waals surface area (Å²) in [6, 6.07) is 2.16. The van der Waals surface area contributed by atoms with Crippen molar-refractivity contribution in [2.45, 2.75) is 0 Å². The minimum atomic E-state index is -0.800. The van der Waals surface area contributed by atoms with Crippen LogP contribution in [0.3, 0.4) is 0 Å². The summed E-state index contributed by atoms with van der Waals surface area (Å²) >= 11 is 0. The zero-order valence-corrected chi connectivity index (χ0v) is 8.59. The summed E-state index contributed by atoms with van der Waals surface area (Å²) in [5.41, 5.74) is -0.613. The van der Waals surface area contributed by atoms with Crippen LogP contribution in [-0.4, -0.2) is 30.2 Å². The topological polar surface area (TPSA) is 98.9 Å². The van der Waals surface area contributed by atoms with Crippen molar-refractivity contribution < 1.29 is 24.3 Å². The van der Waals surface area contributed by atoms with Crippen molar-refractivity contribution in [3.63, 3.8) is 0 Å². The van der Waals surface area contributed by atoms with Crippen LogP contribution in [0.15, 0.2) is 12.1 Å². The molecule has 1 aromatic carbocycles. The van der Waals surface area contributed by atoms with E-state index in [4.69, 9.17) is 0 Å². The fourth-order valence-corrected chi connectivity index (χ4v) is 1.18. The summed E-state index contributed by atoms with van der Waals surface area (Å²) in [5, 5.41) is 20.2. The van der Waals surface area contributed by atoms with Crippen LogP contribution in [0.1, 0.15) is 10.4 Å². The second-order valence-electron chi connectivity index (χ2n) is 2.76. The van der Waals surface area contributed by atoms with Crippen LogP contribution in [0.25, 0.3) is 0 Å². The van der Waals surface area contributed by atoms with Crippen molar-refractivity contribution in [2.75, 3.05) is 14.2 Å². The number of nitro groups is 1. The molecule has 0 unspecified atom stereocenters. The van der Waals surface area contributed by atoms with Crippen molar-refractivity contribution in [3.05, 3.63) is 27.8 Å². The maximum Gasteiger partial charge on any atom is 0.341 e. The van der Waals surface area contributed by atoms with Crippen LogP contribution in [-0.2, 0) is 4.74 Å². The van der Waals surface area contributed by atoms with E-state index in [1.54, 1.807) is 0 Å². The summed E-state index contributed by atoms with van der Waals surface area (Å²) in [6.45, 7) is 0. The van der Waals surface area contributed by atoms with Gasteiger partial charge in [0, 0.05) is 6.07 Å². The Morgan fingerprint density at radius 3 is 2.50 bits per heavy atom. The number of hydrogen-bond acceptors (Lipinski definition) is 6. The molecule has 0 saturated carbocycles. The largest absolute Gasteiger partial charge is 0.503 e. The number of benzene rings is 1. The Kier molecular flexibility index (Phi) is 3.29. The minimum Gasteiger partial charge on any atom is -0.503 e. The lowest BCUT2D eigenvalue weighted by atomic mass is 10.1. The van der Waals surface area contributed by atoms with E-state index < -0.39 is 22.3 Å². The number of methoxy groups -OCH3 is 2. The zero-order valence-electron chi connectivity index (χ0n) is 8.59. The molecule has 1 N–H and O–H groups in total. The van der Waals surface area contributed by atoms with Gasteiger partial charge in [-0.3, -0.25) is 10.1 Å². The third kappa shape index (κ3) is 1.88. The first kappa shape index (κ1) is 11.8. The molecule has 86 valence electrons.